The summed E-state index contributed by atoms with van der Waals surface area (Å²) in [5, 5.41) is 3.02. The average Bonchev–Trinajstić information content (AvgIpc) is 3.13. The summed E-state index contributed by atoms with van der Waals surface area (Å²) < 4.78 is 5.96. The highest BCUT2D eigenvalue weighted by Gasteiger charge is 2.13. The van der Waals surface area contributed by atoms with Gasteiger partial charge in [-0.2, -0.15) is 0 Å². The first-order chi connectivity index (χ1) is 14.0. The first-order valence-corrected chi connectivity index (χ1v) is 9.85. The smallest absolute Gasteiger partial charge is 0.228 e. The van der Waals surface area contributed by atoms with Gasteiger partial charge in [0.1, 0.15) is 5.52 Å². The highest BCUT2D eigenvalue weighted by atomic mass is 16.3. The van der Waals surface area contributed by atoms with Crippen molar-refractivity contribution in [3.63, 3.8) is 0 Å². The number of hydrogen-bond donors (Lipinski definition) is 1. The molecule has 1 heterocycles. The van der Waals surface area contributed by atoms with Gasteiger partial charge >= 0.3 is 0 Å². The number of aryl methyl sites for hydroxylation is 1. The molecule has 1 aromatic heterocycles. The third kappa shape index (κ3) is 4.21. The van der Waals surface area contributed by atoms with Crippen molar-refractivity contribution in [2.45, 2.75) is 33.1 Å². The molecule has 0 saturated carbocycles. The molecule has 4 aromatic rings. The molecule has 1 amide bonds. The third-order valence-electron chi connectivity index (χ3n) is 5.04. The molecular formula is C25H24N2O2. The van der Waals surface area contributed by atoms with Gasteiger partial charge in [-0.25, -0.2) is 4.98 Å². The molecule has 146 valence electrons. The minimum atomic E-state index is -0.0457. The Morgan fingerprint density at radius 3 is 2.59 bits per heavy atom. The fraction of sp³-hybridized carbons (Fsp3) is 0.200. The quantitative estimate of drug-likeness (QED) is 0.452. The molecule has 0 fully saturated rings. The summed E-state index contributed by atoms with van der Waals surface area (Å²) >= 11 is 0. The summed E-state index contributed by atoms with van der Waals surface area (Å²) in [5.74, 6) is 0.945. The Morgan fingerprint density at radius 1 is 1.03 bits per heavy atom. The molecule has 0 spiro atoms. The fourth-order valence-corrected chi connectivity index (χ4v) is 3.29. The van der Waals surface area contributed by atoms with Gasteiger partial charge in [-0.05, 0) is 53.8 Å². The second-order valence-corrected chi connectivity index (χ2v) is 7.64. The Hall–Kier alpha value is -3.40. The van der Waals surface area contributed by atoms with Crippen LogP contribution in [0, 0.1) is 6.92 Å². The standard InChI is InChI=1S/C25H24N2O2/c1-16(2)19-11-12-23-22(14-19)27-25(29-23)20-10-9-17(3)21(15-20)26-24(28)13-18-7-5-4-6-8-18/h4-12,14-16H,13H2,1-3H3,(H,26,28). The zero-order valence-corrected chi connectivity index (χ0v) is 16.9. The van der Waals surface area contributed by atoms with Crippen molar-refractivity contribution in [3.05, 3.63) is 83.4 Å². The van der Waals surface area contributed by atoms with Gasteiger partial charge in [0.15, 0.2) is 5.58 Å². The summed E-state index contributed by atoms with van der Waals surface area (Å²) in [7, 11) is 0. The van der Waals surface area contributed by atoms with E-state index in [0.717, 1.165) is 33.5 Å². The molecule has 0 radical (unpaired) electrons. The number of benzene rings is 3. The zero-order valence-electron chi connectivity index (χ0n) is 16.9. The van der Waals surface area contributed by atoms with Gasteiger partial charge in [0.2, 0.25) is 11.8 Å². The normalized spacial score (nSPS) is 11.2. The van der Waals surface area contributed by atoms with Crippen molar-refractivity contribution >= 4 is 22.7 Å². The predicted octanol–water partition coefficient (Wildman–Crippen LogP) is 6.11. The lowest BCUT2D eigenvalue weighted by atomic mass is 10.0. The van der Waals surface area contributed by atoms with Crippen LogP contribution in [0.4, 0.5) is 5.69 Å². The topological polar surface area (TPSA) is 55.1 Å². The van der Waals surface area contributed by atoms with Gasteiger partial charge in [-0.3, -0.25) is 4.79 Å². The molecular weight excluding hydrogens is 360 g/mol. The van der Waals surface area contributed by atoms with Crippen LogP contribution in [0.25, 0.3) is 22.6 Å². The van der Waals surface area contributed by atoms with Crippen molar-refractivity contribution in [2.75, 3.05) is 5.32 Å². The number of carbonyl (C=O) groups is 1. The lowest BCUT2D eigenvalue weighted by Gasteiger charge is -2.10. The van der Waals surface area contributed by atoms with Crippen LogP contribution >= 0.6 is 0 Å². The predicted molar refractivity (Wildman–Crippen MR) is 117 cm³/mol. The molecule has 4 rings (SSSR count). The SMILES string of the molecule is Cc1ccc(-c2nc3cc(C(C)C)ccc3o2)cc1NC(=O)Cc1ccccc1. The molecule has 0 aliphatic rings. The van der Waals surface area contributed by atoms with Crippen molar-refractivity contribution in [3.8, 4) is 11.5 Å². The summed E-state index contributed by atoms with van der Waals surface area (Å²) in [6, 6.07) is 21.7. The Balaban J connectivity index is 1.59. The number of nitrogens with one attached hydrogen (secondary N) is 1. The number of nitrogens with zero attached hydrogens (tertiary/aromatic N) is 1. The maximum Gasteiger partial charge on any atom is 0.228 e. The van der Waals surface area contributed by atoms with E-state index in [1.165, 1.54) is 5.56 Å². The van der Waals surface area contributed by atoms with Crippen LogP contribution in [-0.4, -0.2) is 10.9 Å². The maximum absolute atomic E-state index is 12.5. The van der Waals surface area contributed by atoms with Crippen molar-refractivity contribution < 1.29 is 9.21 Å². The molecule has 0 aliphatic carbocycles. The van der Waals surface area contributed by atoms with Gasteiger partial charge in [-0.1, -0.05) is 56.3 Å². The Morgan fingerprint density at radius 2 is 1.83 bits per heavy atom. The summed E-state index contributed by atoms with van der Waals surface area (Å²) in [6.07, 6.45) is 0.339. The molecule has 0 atom stereocenters. The van der Waals surface area contributed by atoms with Crippen molar-refractivity contribution in [1.29, 1.82) is 0 Å². The number of carbonyl (C=O) groups excluding carboxylic acids is 1. The molecule has 0 aliphatic heterocycles. The van der Waals surface area contributed by atoms with E-state index in [1.54, 1.807) is 0 Å². The minimum absolute atomic E-state index is 0.0457. The second kappa shape index (κ2) is 7.92. The highest BCUT2D eigenvalue weighted by Crippen LogP contribution is 2.29. The monoisotopic (exact) mass is 384 g/mol. The van der Waals surface area contributed by atoms with E-state index in [0.29, 0.717) is 18.2 Å². The largest absolute Gasteiger partial charge is 0.436 e. The zero-order chi connectivity index (χ0) is 20.4. The second-order valence-electron chi connectivity index (χ2n) is 7.64. The summed E-state index contributed by atoms with van der Waals surface area (Å²) in [6.45, 7) is 6.29. The van der Waals surface area contributed by atoms with Crippen LogP contribution in [0.5, 0.6) is 0 Å². The van der Waals surface area contributed by atoms with E-state index in [4.69, 9.17) is 4.42 Å². The first kappa shape index (κ1) is 18.9. The number of amides is 1. The average molecular weight is 384 g/mol. The lowest BCUT2D eigenvalue weighted by molar-refractivity contribution is -0.115. The van der Waals surface area contributed by atoms with E-state index in [9.17, 15) is 4.79 Å². The van der Waals surface area contributed by atoms with Crippen LogP contribution in [-0.2, 0) is 11.2 Å². The van der Waals surface area contributed by atoms with Crippen LogP contribution in [0.2, 0.25) is 0 Å². The van der Waals surface area contributed by atoms with E-state index in [2.05, 4.69) is 36.3 Å². The van der Waals surface area contributed by atoms with Gasteiger partial charge in [-0.15, -0.1) is 0 Å². The van der Waals surface area contributed by atoms with Crippen LogP contribution in [0.3, 0.4) is 0 Å². The minimum Gasteiger partial charge on any atom is -0.436 e. The highest BCUT2D eigenvalue weighted by molar-refractivity contribution is 5.93. The van der Waals surface area contributed by atoms with Crippen molar-refractivity contribution in [1.82, 2.24) is 4.98 Å². The number of rotatable bonds is 5. The third-order valence-corrected chi connectivity index (χ3v) is 5.04. The Bertz CT molecular complexity index is 1160. The summed E-state index contributed by atoms with van der Waals surface area (Å²) in [4.78, 5) is 17.1. The van der Waals surface area contributed by atoms with E-state index < -0.39 is 0 Å². The maximum atomic E-state index is 12.5. The fourth-order valence-electron chi connectivity index (χ4n) is 3.29. The number of hydrogen-bond acceptors (Lipinski definition) is 3. The summed E-state index contributed by atoms with van der Waals surface area (Å²) in [5.41, 5.74) is 6.43. The molecule has 3 aromatic carbocycles. The lowest BCUT2D eigenvalue weighted by Crippen LogP contribution is -2.15. The van der Waals surface area contributed by atoms with E-state index >= 15 is 0 Å². The molecule has 4 nitrogen and oxygen atoms in total. The number of fused-ring (bicyclic) bond motifs is 1. The van der Waals surface area contributed by atoms with E-state index in [1.807, 2.05) is 61.5 Å². The van der Waals surface area contributed by atoms with Crippen LogP contribution in [0.1, 0.15) is 36.5 Å². The number of aromatic nitrogens is 1. The number of oxazole rings is 1. The molecule has 0 bridgehead atoms. The van der Waals surface area contributed by atoms with E-state index in [-0.39, 0.29) is 5.91 Å². The van der Waals surface area contributed by atoms with Gasteiger partial charge in [0.25, 0.3) is 0 Å². The van der Waals surface area contributed by atoms with Crippen molar-refractivity contribution in [2.24, 2.45) is 0 Å². The van der Waals surface area contributed by atoms with Gasteiger partial charge in [0, 0.05) is 11.3 Å². The molecule has 29 heavy (non-hydrogen) atoms. The molecule has 0 unspecified atom stereocenters. The van der Waals surface area contributed by atoms with Gasteiger partial charge < -0.3 is 9.73 Å². The van der Waals surface area contributed by atoms with Crippen LogP contribution in [0.15, 0.2) is 71.1 Å². The van der Waals surface area contributed by atoms with Crippen LogP contribution < -0.4 is 5.32 Å². The number of anilines is 1. The molecule has 4 heteroatoms. The molecule has 0 saturated heterocycles. The molecule has 1 N–H and O–H groups in total. The Kier molecular flexibility index (Phi) is 5.17. The first-order valence-electron chi connectivity index (χ1n) is 9.85. The Labute approximate surface area is 170 Å². The van der Waals surface area contributed by atoms with Gasteiger partial charge in [0.05, 0.1) is 6.42 Å².